The summed E-state index contributed by atoms with van der Waals surface area (Å²) in [6.07, 6.45) is 0. The minimum absolute atomic E-state index is 0.237. The Morgan fingerprint density at radius 2 is 1.45 bits per heavy atom. The Balaban J connectivity index is 3.01. The summed E-state index contributed by atoms with van der Waals surface area (Å²) < 4.78 is 10.1. The second-order valence-corrected chi connectivity index (χ2v) is 5.26. The number of benzene rings is 1. The summed E-state index contributed by atoms with van der Waals surface area (Å²) in [5.74, 6) is -2.32. The summed E-state index contributed by atoms with van der Waals surface area (Å²) in [7, 11) is 3.91. The van der Waals surface area contributed by atoms with E-state index in [1.54, 1.807) is 13.8 Å². The van der Waals surface area contributed by atoms with Crippen molar-refractivity contribution < 1.29 is 19.1 Å². The third-order valence-electron chi connectivity index (χ3n) is 3.52. The van der Waals surface area contributed by atoms with Crippen molar-refractivity contribution in [3.63, 3.8) is 0 Å². The largest absolute Gasteiger partial charge is 0.465 e. The topological polar surface area (TPSA) is 55.8 Å². The average Bonchev–Trinajstić information content (AvgIpc) is 2.48. The van der Waals surface area contributed by atoms with Gasteiger partial charge >= 0.3 is 11.9 Å². The molecule has 0 aliphatic rings. The van der Waals surface area contributed by atoms with Gasteiger partial charge in [0.2, 0.25) is 0 Å². The second-order valence-electron chi connectivity index (χ2n) is 5.26. The van der Waals surface area contributed by atoms with Crippen molar-refractivity contribution in [2.24, 2.45) is 5.92 Å². The average molecular weight is 307 g/mol. The zero-order chi connectivity index (χ0) is 16.7. The zero-order valence-electron chi connectivity index (χ0n) is 14.0. The molecule has 22 heavy (non-hydrogen) atoms. The third-order valence-corrected chi connectivity index (χ3v) is 3.52. The maximum Gasteiger partial charge on any atom is 0.320 e. The molecule has 0 heterocycles. The number of esters is 2. The quantitative estimate of drug-likeness (QED) is 0.572. The molecule has 1 unspecified atom stereocenters. The molecule has 1 aromatic rings. The molecule has 0 saturated carbocycles. The van der Waals surface area contributed by atoms with Crippen LogP contribution in [-0.2, 0) is 19.1 Å². The van der Waals surface area contributed by atoms with E-state index in [0.717, 1.165) is 11.3 Å². The van der Waals surface area contributed by atoms with Gasteiger partial charge < -0.3 is 14.4 Å². The molecule has 0 aromatic heterocycles. The van der Waals surface area contributed by atoms with Gasteiger partial charge in [-0.25, -0.2) is 0 Å². The monoisotopic (exact) mass is 307 g/mol. The Labute approximate surface area is 132 Å². The SMILES string of the molecule is CCOC(=O)C(C(=O)OCC)C(C)c1ccc(N(C)C)cc1. The molecule has 0 aliphatic heterocycles. The smallest absolute Gasteiger partial charge is 0.320 e. The van der Waals surface area contributed by atoms with E-state index in [9.17, 15) is 9.59 Å². The molecule has 0 amide bonds. The fourth-order valence-corrected chi connectivity index (χ4v) is 2.24. The molecule has 0 radical (unpaired) electrons. The predicted molar refractivity (Wildman–Crippen MR) is 85.9 cm³/mol. The highest BCUT2D eigenvalue weighted by atomic mass is 16.6. The van der Waals surface area contributed by atoms with E-state index in [1.165, 1.54) is 0 Å². The maximum atomic E-state index is 12.1. The van der Waals surface area contributed by atoms with Gasteiger partial charge in [-0.15, -0.1) is 0 Å². The highest BCUT2D eigenvalue weighted by Gasteiger charge is 2.35. The van der Waals surface area contributed by atoms with Gasteiger partial charge in [-0.2, -0.15) is 0 Å². The normalized spacial score (nSPS) is 11.9. The van der Waals surface area contributed by atoms with Crippen LogP contribution in [-0.4, -0.2) is 39.2 Å². The summed E-state index contributed by atoms with van der Waals surface area (Å²) in [5.41, 5.74) is 1.96. The number of nitrogens with zero attached hydrogens (tertiary/aromatic N) is 1. The van der Waals surface area contributed by atoms with Crippen LogP contribution in [0, 0.1) is 5.92 Å². The molecule has 0 aliphatic carbocycles. The second kappa shape index (κ2) is 8.41. The van der Waals surface area contributed by atoms with Crippen LogP contribution in [0.25, 0.3) is 0 Å². The van der Waals surface area contributed by atoms with Gasteiger partial charge in [0.25, 0.3) is 0 Å². The first kappa shape index (κ1) is 18.0. The molecular formula is C17H25NO4. The standard InChI is InChI=1S/C17H25NO4/c1-6-21-16(19)15(17(20)22-7-2)12(3)13-8-10-14(11-9-13)18(4)5/h8-12,15H,6-7H2,1-5H3. The molecule has 1 aromatic carbocycles. The Hall–Kier alpha value is -2.04. The molecule has 0 bridgehead atoms. The number of anilines is 1. The van der Waals surface area contributed by atoms with Crippen molar-refractivity contribution in [3.8, 4) is 0 Å². The van der Waals surface area contributed by atoms with Gasteiger partial charge in [0.1, 0.15) is 0 Å². The molecule has 1 rings (SSSR count). The maximum absolute atomic E-state index is 12.1. The van der Waals surface area contributed by atoms with Gasteiger partial charge in [0, 0.05) is 25.7 Å². The van der Waals surface area contributed by atoms with E-state index in [1.807, 2.05) is 50.2 Å². The summed E-state index contributed by atoms with van der Waals surface area (Å²) in [4.78, 5) is 26.2. The molecular weight excluding hydrogens is 282 g/mol. The van der Waals surface area contributed by atoms with Gasteiger partial charge in [-0.3, -0.25) is 9.59 Å². The summed E-state index contributed by atoms with van der Waals surface area (Å²) in [6.45, 7) is 5.75. The van der Waals surface area contributed by atoms with Crippen molar-refractivity contribution in [1.29, 1.82) is 0 Å². The molecule has 0 N–H and O–H groups in total. The Morgan fingerprint density at radius 3 is 1.82 bits per heavy atom. The number of rotatable bonds is 7. The van der Waals surface area contributed by atoms with Crippen molar-refractivity contribution in [1.82, 2.24) is 0 Å². The van der Waals surface area contributed by atoms with E-state index in [2.05, 4.69) is 0 Å². The van der Waals surface area contributed by atoms with Crippen LogP contribution in [0.2, 0.25) is 0 Å². The molecule has 5 heteroatoms. The van der Waals surface area contributed by atoms with Crippen molar-refractivity contribution in [2.75, 3.05) is 32.2 Å². The van der Waals surface area contributed by atoms with Crippen LogP contribution in [0.1, 0.15) is 32.3 Å². The van der Waals surface area contributed by atoms with Gasteiger partial charge in [-0.1, -0.05) is 19.1 Å². The number of hydrogen-bond donors (Lipinski definition) is 0. The molecule has 0 spiro atoms. The third kappa shape index (κ3) is 4.48. The summed E-state index contributed by atoms with van der Waals surface area (Å²) in [6, 6.07) is 7.76. The lowest BCUT2D eigenvalue weighted by atomic mass is 9.87. The van der Waals surface area contributed by atoms with E-state index >= 15 is 0 Å². The summed E-state index contributed by atoms with van der Waals surface area (Å²) in [5, 5.41) is 0. The molecule has 1 atom stereocenters. The lowest BCUT2D eigenvalue weighted by molar-refractivity contribution is -0.162. The number of carbonyl (C=O) groups excluding carboxylic acids is 2. The minimum Gasteiger partial charge on any atom is -0.465 e. The molecule has 0 saturated heterocycles. The lowest BCUT2D eigenvalue weighted by Crippen LogP contribution is -2.32. The van der Waals surface area contributed by atoms with Gasteiger partial charge in [-0.05, 0) is 31.5 Å². The van der Waals surface area contributed by atoms with E-state index < -0.39 is 17.9 Å². The lowest BCUT2D eigenvalue weighted by Gasteiger charge is -2.22. The highest BCUT2D eigenvalue weighted by molar-refractivity contribution is 5.96. The van der Waals surface area contributed by atoms with E-state index in [4.69, 9.17) is 9.47 Å². The van der Waals surface area contributed by atoms with Crippen LogP contribution in [0.3, 0.4) is 0 Å². The van der Waals surface area contributed by atoms with Gasteiger partial charge in [0.15, 0.2) is 5.92 Å². The van der Waals surface area contributed by atoms with Crippen LogP contribution in [0.5, 0.6) is 0 Å². The first-order valence-electron chi connectivity index (χ1n) is 7.52. The minimum atomic E-state index is -0.940. The number of hydrogen-bond acceptors (Lipinski definition) is 5. The Morgan fingerprint density at radius 1 is 1.00 bits per heavy atom. The fourth-order valence-electron chi connectivity index (χ4n) is 2.24. The van der Waals surface area contributed by atoms with Crippen LogP contribution >= 0.6 is 0 Å². The van der Waals surface area contributed by atoms with Crippen molar-refractivity contribution in [3.05, 3.63) is 29.8 Å². The Bertz CT molecular complexity index is 478. The van der Waals surface area contributed by atoms with Crippen LogP contribution < -0.4 is 4.90 Å². The number of carbonyl (C=O) groups is 2. The molecule has 122 valence electrons. The molecule has 5 nitrogen and oxygen atoms in total. The van der Waals surface area contributed by atoms with E-state index in [-0.39, 0.29) is 19.1 Å². The fraction of sp³-hybridized carbons (Fsp3) is 0.529. The number of ether oxygens (including phenoxy) is 2. The first-order valence-corrected chi connectivity index (χ1v) is 7.52. The van der Waals surface area contributed by atoms with Crippen LogP contribution in [0.4, 0.5) is 5.69 Å². The summed E-state index contributed by atoms with van der Waals surface area (Å²) >= 11 is 0. The Kier molecular flexibility index (Phi) is 6.89. The highest BCUT2D eigenvalue weighted by Crippen LogP contribution is 2.28. The van der Waals surface area contributed by atoms with Crippen molar-refractivity contribution in [2.45, 2.75) is 26.7 Å². The van der Waals surface area contributed by atoms with E-state index in [0.29, 0.717) is 0 Å². The zero-order valence-corrected chi connectivity index (χ0v) is 14.0. The van der Waals surface area contributed by atoms with Gasteiger partial charge in [0.05, 0.1) is 13.2 Å². The first-order chi connectivity index (χ1) is 10.4. The van der Waals surface area contributed by atoms with Crippen molar-refractivity contribution >= 4 is 17.6 Å². The predicted octanol–water partition coefficient (Wildman–Crippen LogP) is 2.60. The van der Waals surface area contributed by atoms with Crippen LogP contribution in [0.15, 0.2) is 24.3 Å². The molecule has 0 fully saturated rings.